The largest absolute Gasteiger partial charge is 0.351 e. The molecule has 0 unspecified atom stereocenters. The summed E-state index contributed by atoms with van der Waals surface area (Å²) >= 11 is 1.38. The lowest BCUT2D eigenvalue weighted by Gasteiger charge is -2.18. The zero-order valence-electron chi connectivity index (χ0n) is 12.3. The van der Waals surface area contributed by atoms with Gasteiger partial charge in [0, 0.05) is 18.9 Å². The molecule has 0 bridgehead atoms. The second kappa shape index (κ2) is 7.21. The van der Waals surface area contributed by atoms with Crippen LogP contribution in [0.2, 0.25) is 0 Å². The van der Waals surface area contributed by atoms with Crippen molar-refractivity contribution in [2.75, 3.05) is 0 Å². The van der Waals surface area contributed by atoms with Gasteiger partial charge in [-0.2, -0.15) is 0 Å². The van der Waals surface area contributed by atoms with E-state index in [9.17, 15) is 4.79 Å². The van der Waals surface area contributed by atoms with Gasteiger partial charge in [0.1, 0.15) is 5.82 Å². The molecular weight excluding hydrogens is 286 g/mol. The first kappa shape index (κ1) is 15.5. The zero-order valence-corrected chi connectivity index (χ0v) is 13.1. The quantitative estimate of drug-likeness (QED) is 0.797. The molecule has 0 aliphatic rings. The molecule has 0 aliphatic heterocycles. The van der Waals surface area contributed by atoms with Crippen LogP contribution in [0.15, 0.2) is 29.7 Å². The summed E-state index contributed by atoms with van der Waals surface area (Å²) in [6, 6.07) is 3.79. The lowest BCUT2D eigenvalue weighted by atomic mass is 10.1. The number of nitrogens with one attached hydrogen (secondary N) is 2. The molecule has 2 rings (SSSR count). The second-order valence-corrected chi connectivity index (χ2v) is 6.17. The van der Waals surface area contributed by atoms with E-state index in [1.54, 1.807) is 12.4 Å². The topological polar surface area (TPSA) is 83.6 Å². The molecule has 21 heavy (non-hydrogen) atoms. The third kappa shape index (κ3) is 4.56. The van der Waals surface area contributed by atoms with Gasteiger partial charge in [-0.1, -0.05) is 31.7 Å². The van der Waals surface area contributed by atoms with Crippen molar-refractivity contribution in [1.29, 1.82) is 0 Å². The highest BCUT2D eigenvalue weighted by molar-refractivity contribution is 8.00. The Morgan fingerprint density at radius 2 is 2.29 bits per heavy atom. The van der Waals surface area contributed by atoms with E-state index >= 15 is 0 Å². The van der Waals surface area contributed by atoms with E-state index in [1.165, 1.54) is 11.8 Å². The first-order chi connectivity index (χ1) is 10.1. The average molecular weight is 305 g/mol. The Hall–Kier alpha value is -1.89. The first-order valence-corrected chi connectivity index (χ1v) is 7.66. The highest BCUT2D eigenvalue weighted by atomic mass is 32.2. The third-order valence-corrected chi connectivity index (χ3v) is 4.27. The first-order valence-electron chi connectivity index (χ1n) is 6.78. The summed E-state index contributed by atoms with van der Waals surface area (Å²) in [6.07, 6.45) is 3.46. The number of aryl methyl sites for hydroxylation is 1. The van der Waals surface area contributed by atoms with E-state index in [0.717, 1.165) is 11.4 Å². The van der Waals surface area contributed by atoms with E-state index in [0.29, 0.717) is 11.7 Å². The number of aromatic nitrogens is 4. The molecule has 0 saturated carbocycles. The van der Waals surface area contributed by atoms with Crippen LogP contribution < -0.4 is 5.32 Å². The van der Waals surface area contributed by atoms with Crippen LogP contribution in [0.4, 0.5) is 0 Å². The Kier molecular flexibility index (Phi) is 5.32. The molecule has 0 radical (unpaired) electrons. The van der Waals surface area contributed by atoms with Crippen LogP contribution in [0, 0.1) is 12.8 Å². The Balaban J connectivity index is 1.96. The fourth-order valence-corrected chi connectivity index (χ4v) is 2.75. The van der Waals surface area contributed by atoms with Gasteiger partial charge in [0.05, 0.1) is 5.25 Å². The van der Waals surface area contributed by atoms with Gasteiger partial charge in [-0.25, -0.2) is 4.98 Å². The molecule has 0 saturated heterocycles. The Morgan fingerprint density at radius 3 is 2.86 bits per heavy atom. The molecule has 2 aromatic rings. The maximum Gasteiger partial charge on any atom is 0.234 e. The van der Waals surface area contributed by atoms with Gasteiger partial charge in [-0.05, 0) is 24.5 Å². The lowest BCUT2D eigenvalue weighted by molar-refractivity contribution is -0.121. The van der Waals surface area contributed by atoms with Crippen molar-refractivity contribution < 1.29 is 4.79 Å². The molecule has 2 aromatic heterocycles. The molecule has 0 aromatic carbocycles. The van der Waals surface area contributed by atoms with Crippen molar-refractivity contribution in [2.45, 2.75) is 37.7 Å². The molecule has 2 N–H and O–H groups in total. The molecule has 7 heteroatoms. The molecule has 0 fully saturated rings. The SMILES string of the molecule is Cc1nc(S[C@H](C(=O)NCc2cccnc2)C(C)C)n[nH]1. The third-order valence-electron chi connectivity index (χ3n) is 2.86. The van der Waals surface area contributed by atoms with Gasteiger partial charge < -0.3 is 5.32 Å². The van der Waals surface area contributed by atoms with Crippen molar-refractivity contribution in [3.8, 4) is 0 Å². The number of H-pyrrole nitrogens is 1. The smallest absolute Gasteiger partial charge is 0.234 e. The summed E-state index contributed by atoms with van der Waals surface area (Å²) in [6.45, 7) is 6.34. The van der Waals surface area contributed by atoms with Crippen molar-refractivity contribution in [3.05, 3.63) is 35.9 Å². The number of amides is 1. The van der Waals surface area contributed by atoms with Gasteiger partial charge >= 0.3 is 0 Å². The number of hydrogen-bond donors (Lipinski definition) is 2. The zero-order chi connectivity index (χ0) is 15.2. The van der Waals surface area contributed by atoms with E-state index in [1.807, 2.05) is 32.9 Å². The summed E-state index contributed by atoms with van der Waals surface area (Å²) < 4.78 is 0. The predicted molar refractivity (Wildman–Crippen MR) is 81.7 cm³/mol. The summed E-state index contributed by atoms with van der Waals surface area (Å²) in [5.41, 5.74) is 0.979. The highest BCUT2D eigenvalue weighted by Gasteiger charge is 2.25. The Morgan fingerprint density at radius 1 is 1.48 bits per heavy atom. The van der Waals surface area contributed by atoms with Gasteiger partial charge in [0.2, 0.25) is 11.1 Å². The predicted octanol–water partition coefficient (Wildman–Crippen LogP) is 1.94. The molecule has 6 nitrogen and oxygen atoms in total. The Bertz CT molecular complexity index is 584. The van der Waals surface area contributed by atoms with Crippen LogP contribution in [0.3, 0.4) is 0 Å². The van der Waals surface area contributed by atoms with Crippen molar-refractivity contribution in [2.24, 2.45) is 5.92 Å². The molecule has 0 aliphatic carbocycles. The number of nitrogens with zero attached hydrogens (tertiary/aromatic N) is 3. The van der Waals surface area contributed by atoms with Gasteiger partial charge in [0.25, 0.3) is 0 Å². The van der Waals surface area contributed by atoms with E-state index < -0.39 is 0 Å². The van der Waals surface area contributed by atoms with E-state index in [4.69, 9.17) is 0 Å². The maximum atomic E-state index is 12.4. The van der Waals surface area contributed by atoms with Crippen LogP contribution in [0.1, 0.15) is 25.2 Å². The van der Waals surface area contributed by atoms with Crippen molar-refractivity contribution in [3.63, 3.8) is 0 Å². The molecule has 2 heterocycles. The Labute approximate surface area is 128 Å². The molecular formula is C14H19N5OS. The number of carbonyl (C=O) groups excluding carboxylic acids is 1. The number of hydrogen-bond acceptors (Lipinski definition) is 5. The molecule has 1 amide bonds. The lowest BCUT2D eigenvalue weighted by Crippen LogP contribution is -2.35. The number of pyridine rings is 1. The van der Waals surface area contributed by atoms with Gasteiger partial charge in [-0.3, -0.25) is 14.9 Å². The van der Waals surface area contributed by atoms with Gasteiger partial charge in [-0.15, -0.1) is 5.10 Å². The summed E-state index contributed by atoms with van der Waals surface area (Å²) in [7, 11) is 0. The summed E-state index contributed by atoms with van der Waals surface area (Å²) in [4.78, 5) is 20.6. The summed E-state index contributed by atoms with van der Waals surface area (Å²) in [5.74, 6) is 0.916. The highest BCUT2D eigenvalue weighted by Crippen LogP contribution is 2.25. The number of rotatable bonds is 6. The molecule has 112 valence electrons. The number of thioether (sulfide) groups is 1. The average Bonchev–Trinajstić information content (AvgIpc) is 2.88. The minimum Gasteiger partial charge on any atom is -0.351 e. The fourth-order valence-electron chi connectivity index (χ4n) is 1.77. The van der Waals surface area contributed by atoms with E-state index in [2.05, 4.69) is 25.5 Å². The number of aromatic amines is 1. The van der Waals surface area contributed by atoms with Crippen LogP contribution in [-0.2, 0) is 11.3 Å². The van der Waals surface area contributed by atoms with Crippen LogP contribution in [-0.4, -0.2) is 31.3 Å². The molecule has 0 spiro atoms. The standard InChI is InChI=1S/C14H19N5OS/c1-9(2)12(21-14-17-10(3)18-19-14)13(20)16-8-11-5-4-6-15-7-11/h4-7,9,12H,8H2,1-3H3,(H,16,20)(H,17,18,19)/t12-/m0/s1. The maximum absolute atomic E-state index is 12.4. The van der Waals surface area contributed by atoms with Crippen molar-refractivity contribution >= 4 is 17.7 Å². The van der Waals surface area contributed by atoms with Crippen LogP contribution in [0.25, 0.3) is 0 Å². The van der Waals surface area contributed by atoms with Crippen LogP contribution in [0.5, 0.6) is 0 Å². The van der Waals surface area contributed by atoms with E-state index in [-0.39, 0.29) is 17.1 Å². The second-order valence-electron chi connectivity index (χ2n) is 5.06. The fraction of sp³-hybridized carbons (Fsp3) is 0.429. The van der Waals surface area contributed by atoms with Crippen molar-refractivity contribution in [1.82, 2.24) is 25.5 Å². The number of carbonyl (C=O) groups is 1. The molecule has 1 atom stereocenters. The summed E-state index contributed by atoms with van der Waals surface area (Å²) in [5, 5.41) is 10.2. The minimum absolute atomic E-state index is 0.0127. The minimum atomic E-state index is -0.225. The van der Waals surface area contributed by atoms with Crippen LogP contribution >= 0.6 is 11.8 Å². The normalized spacial score (nSPS) is 12.4. The monoisotopic (exact) mass is 305 g/mol. The van der Waals surface area contributed by atoms with Gasteiger partial charge in [0.15, 0.2) is 0 Å².